The molecule has 2 rings (SSSR count). The van der Waals surface area contributed by atoms with Gasteiger partial charge >= 0.3 is 11.8 Å². The van der Waals surface area contributed by atoms with Crippen LogP contribution in [0.15, 0.2) is 58.1 Å². The molecular formula is C17H16BrN3O3. The van der Waals surface area contributed by atoms with Crippen LogP contribution in [0.2, 0.25) is 0 Å². The zero-order chi connectivity index (χ0) is 17.4. The van der Waals surface area contributed by atoms with Crippen molar-refractivity contribution in [2.24, 2.45) is 5.10 Å². The van der Waals surface area contributed by atoms with E-state index in [4.69, 9.17) is 4.74 Å². The van der Waals surface area contributed by atoms with E-state index in [-0.39, 0.29) is 0 Å². The molecule has 2 N–H and O–H groups in total. The Hall–Kier alpha value is -2.67. The first-order valence-electron chi connectivity index (χ1n) is 7.22. The number of para-hydroxylation sites is 2. The fourth-order valence-corrected chi connectivity index (χ4v) is 2.06. The van der Waals surface area contributed by atoms with Crippen LogP contribution >= 0.6 is 15.9 Å². The molecule has 2 aromatic rings. The summed E-state index contributed by atoms with van der Waals surface area (Å²) >= 11 is 3.33. The summed E-state index contributed by atoms with van der Waals surface area (Å²) in [6.45, 7) is 2.29. The van der Waals surface area contributed by atoms with Crippen molar-refractivity contribution in [3.63, 3.8) is 0 Å². The Morgan fingerprint density at radius 3 is 2.54 bits per heavy atom. The number of ether oxygens (including phenoxy) is 1. The van der Waals surface area contributed by atoms with Gasteiger partial charge in [0.2, 0.25) is 0 Å². The maximum atomic E-state index is 11.9. The number of hydrogen-bond acceptors (Lipinski definition) is 4. The fraction of sp³-hybridized carbons (Fsp3) is 0.118. The van der Waals surface area contributed by atoms with Crippen molar-refractivity contribution in [3.8, 4) is 5.75 Å². The second-order valence-electron chi connectivity index (χ2n) is 4.63. The molecule has 0 aromatic heterocycles. The van der Waals surface area contributed by atoms with Crippen LogP contribution in [0.25, 0.3) is 0 Å². The maximum absolute atomic E-state index is 11.9. The van der Waals surface area contributed by atoms with Gasteiger partial charge in [0.15, 0.2) is 0 Å². The smallest absolute Gasteiger partial charge is 0.329 e. The van der Waals surface area contributed by atoms with Gasteiger partial charge in [-0.2, -0.15) is 5.10 Å². The normalized spacial score (nSPS) is 10.4. The standard InChI is InChI=1S/C17H16BrN3O3/c1-2-24-15-6-4-3-5-14(15)20-16(22)17(23)21-19-11-12-7-9-13(18)10-8-12/h3-11H,2H2,1H3,(H,20,22)(H,21,23)/b19-11+. The molecule has 0 heterocycles. The highest BCUT2D eigenvalue weighted by molar-refractivity contribution is 9.10. The number of hydrogen-bond donors (Lipinski definition) is 2. The summed E-state index contributed by atoms with van der Waals surface area (Å²) in [4.78, 5) is 23.7. The minimum atomic E-state index is -0.866. The van der Waals surface area contributed by atoms with E-state index < -0.39 is 11.8 Å². The highest BCUT2D eigenvalue weighted by atomic mass is 79.9. The maximum Gasteiger partial charge on any atom is 0.329 e. The van der Waals surface area contributed by atoms with Gasteiger partial charge in [-0.25, -0.2) is 5.43 Å². The van der Waals surface area contributed by atoms with E-state index in [0.29, 0.717) is 18.0 Å². The molecule has 0 aliphatic heterocycles. The largest absolute Gasteiger partial charge is 0.492 e. The lowest BCUT2D eigenvalue weighted by atomic mass is 10.2. The Morgan fingerprint density at radius 2 is 1.83 bits per heavy atom. The monoisotopic (exact) mass is 389 g/mol. The molecule has 0 aliphatic carbocycles. The van der Waals surface area contributed by atoms with Gasteiger partial charge in [0, 0.05) is 4.47 Å². The van der Waals surface area contributed by atoms with Gasteiger partial charge in [0.25, 0.3) is 0 Å². The van der Waals surface area contributed by atoms with Crippen molar-refractivity contribution in [3.05, 3.63) is 58.6 Å². The van der Waals surface area contributed by atoms with Gasteiger partial charge in [-0.15, -0.1) is 0 Å². The zero-order valence-electron chi connectivity index (χ0n) is 13.0. The number of carbonyl (C=O) groups is 2. The van der Waals surface area contributed by atoms with E-state index in [0.717, 1.165) is 10.0 Å². The van der Waals surface area contributed by atoms with Crippen LogP contribution in [0.4, 0.5) is 5.69 Å². The molecule has 124 valence electrons. The minimum Gasteiger partial charge on any atom is -0.492 e. The quantitative estimate of drug-likeness (QED) is 0.468. The number of rotatable bonds is 5. The molecule has 2 amide bonds. The number of amides is 2. The zero-order valence-corrected chi connectivity index (χ0v) is 14.5. The number of nitrogens with zero attached hydrogens (tertiary/aromatic N) is 1. The second-order valence-corrected chi connectivity index (χ2v) is 5.55. The predicted molar refractivity (Wildman–Crippen MR) is 96.1 cm³/mol. The average Bonchev–Trinajstić information content (AvgIpc) is 2.58. The molecule has 0 fully saturated rings. The number of anilines is 1. The molecule has 0 aliphatic rings. The average molecular weight is 390 g/mol. The van der Waals surface area contributed by atoms with Crippen molar-refractivity contribution >= 4 is 39.6 Å². The molecule has 7 heteroatoms. The first kappa shape index (κ1) is 17.7. The lowest BCUT2D eigenvalue weighted by molar-refractivity contribution is -0.136. The topological polar surface area (TPSA) is 79.8 Å². The molecule has 0 bridgehead atoms. The van der Waals surface area contributed by atoms with E-state index in [1.165, 1.54) is 6.21 Å². The molecule has 2 aromatic carbocycles. The lowest BCUT2D eigenvalue weighted by Crippen LogP contribution is -2.32. The van der Waals surface area contributed by atoms with E-state index >= 15 is 0 Å². The third kappa shape index (κ3) is 5.20. The van der Waals surface area contributed by atoms with E-state index in [1.54, 1.807) is 24.3 Å². The summed E-state index contributed by atoms with van der Waals surface area (Å²) in [7, 11) is 0. The lowest BCUT2D eigenvalue weighted by Gasteiger charge is -2.10. The van der Waals surface area contributed by atoms with E-state index in [2.05, 4.69) is 31.8 Å². The summed E-state index contributed by atoms with van der Waals surface area (Å²) in [6, 6.07) is 14.2. The van der Waals surface area contributed by atoms with Crippen LogP contribution in [0.1, 0.15) is 12.5 Å². The Bertz CT molecular complexity index is 745. The van der Waals surface area contributed by atoms with Crippen molar-refractivity contribution < 1.29 is 14.3 Å². The molecule has 0 atom stereocenters. The van der Waals surface area contributed by atoms with E-state index in [1.807, 2.05) is 31.2 Å². The van der Waals surface area contributed by atoms with Crippen molar-refractivity contribution in [2.45, 2.75) is 6.92 Å². The van der Waals surface area contributed by atoms with Gasteiger partial charge in [0.05, 0.1) is 18.5 Å². The summed E-state index contributed by atoms with van der Waals surface area (Å²) in [5.41, 5.74) is 3.40. The Labute approximate surface area is 148 Å². The fourth-order valence-electron chi connectivity index (χ4n) is 1.80. The highest BCUT2D eigenvalue weighted by Gasteiger charge is 2.14. The van der Waals surface area contributed by atoms with Crippen molar-refractivity contribution in [2.75, 3.05) is 11.9 Å². The molecule has 0 unspecified atom stereocenters. The third-order valence-electron chi connectivity index (χ3n) is 2.89. The molecule has 24 heavy (non-hydrogen) atoms. The molecule has 0 radical (unpaired) electrons. The summed E-state index contributed by atoms with van der Waals surface area (Å²) in [6.07, 6.45) is 1.45. The van der Waals surface area contributed by atoms with Gasteiger partial charge < -0.3 is 10.1 Å². The number of hydrazone groups is 1. The van der Waals surface area contributed by atoms with Crippen LogP contribution in [-0.4, -0.2) is 24.6 Å². The third-order valence-corrected chi connectivity index (χ3v) is 3.42. The Kier molecular flexibility index (Phi) is 6.51. The molecule has 0 saturated carbocycles. The second kappa shape index (κ2) is 8.83. The first-order chi connectivity index (χ1) is 11.6. The highest BCUT2D eigenvalue weighted by Crippen LogP contribution is 2.23. The Morgan fingerprint density at radius 1 is 1.12 bits per heavy atom. The van der Waals surface area contributed by atoms with Crippen LogP contribution in [0.5, 0.6) is 5.75 Å². The number of carbonyl (C=O) groups excluding carboxylic acids is 2. The van der Waals surface area contributed by atoms with Crippen LogP contribution in [-0.2, 0) is 9.59 Å². The Balaban J connectivity index is 1.93. The van der Waals surface area contributed by atoms with Crippen LogP contribution in [0.3, 0.4) is 0 Å². The van der Waals surface area contributed by atoms with Gasteiger partial charge in [-0.1, -0.05) is 40.2 Å². The SMILES string of the molecule is CCOc1ccccc1NC(=O)C(=O)N/N=C/c1ccc(Br)cc1. The number of halogens is 1. The summed E-state index contributed by atoms with van der Waals surface area (Å²) < 4.78 is 6.33. The molecule has 0 spiro atoms. The number of nitrogens with one attached hydrogen (secondary N) is 2. The van der Waals surface area contributed by atoms with Gasteiger partial charge in [-0.3, -0.25) is 9.59 Å². The first-order valence-corrected chi connectivity index (χ1v) is 8.01. The van der Waals surface area contributed by atoms with E-state index in [9.17, 15) is 9.59 Å². The molecular weight excluding hydrogens is 374 g/mol. The van der Waals surface area contributed by atoms with Crippen molar-refractivity contribution in [1.29, 1.82) is 0 Å². The minimum absolute atomic E-state index is 0.427. The predicted octanol–water partition coefficient (Wildman–Crippen LogP) is 2.94. The van der Waals surface area contributed by atoms with Gasteiger partial charge in [0.1, 0.15) is 5.75 Å². The molecule has 0 saturated heterocycles. The number of benzene rings is 2. The van der Waals surface area contributed by atoms with Gasteiger partial charge in [-0.05, 0) is 36.8 Å². The summed E-state index contributed by atoms with van der Waals surface area (Å²) in [5.74, 6) is -1.19. The van der Waals surface area contributed by atoms with Crippen molar-refractivity contribution in [1.82, 2.24) is 5.43 Å². The molecule has 6 nitrogen and oxygen atoms in total. The van der Waals surface area contributed by atoms with Crippen LogP contribution in [0, 0.1) is 0 Å². The summed E-state index contributed by atoms with van der Waals surface area (Å²) in [5, 5.41) is 6.26. The van der Waals surface area contributed by atoms with Crippen LogP contribution < -0.4 is 15.5 Å².